The first kappa shape index (κ1) is 23.5. The van der Waals surface area contributed by atoms with Gasteiger partial charge in [0.05, 0.1) is 18.0 Å². The number of nitrogens with zero attached hydrogens (tertiary/aromatic N) is 2. The van der Waals surface area contributed by atoms with Crippen LogP contribution in [0.5, 0.6) is 5.75 Å². The number of hydrogen-bond acceptors (Lipinski definition) is 6. The van der Waals surface area contributed by atoms with Gasteiger partial charge in [0.1, 0.15) is 11.9 Å². The van der Waals surface area contributed by atoms with Crippen molar-refractivity contribution in [2.75, 3.05) is 5.73 Å². The number of rotatable bonds is 8. The van der Waals surface area contributed by atoms with Crippen LogP contribution in [-0.4, -0.2) is 46.1 Å². The first-order valence-electron chi connectivity index (χ1n) is 12.2. The largest absolute Gasteiger partial charge is 0.490 e. The zero-order valence-electron chi connectivity index (χ0n) is 19.9. The van der Waals surface area contributed by atoms with Crippen molar-refractivity contribution in [2.24, 2.45) is 0 Å². The molecule has 2 atom stereocenters. The van der Waals surface area contributed by atoms with Gasteiger partial charge in [-0.15, -0.1) is 0 Å². The van der Waals surface area contributed by atoms with Gasteiger partial charge in [-0.1, -0.05) is 6.07 Å². The van der Waals surface area contributed by atoms with E-state index in [2.05, 4.69) is 10.3 Å². The van der Waals surface area contributed by atoms with Crippen LogP contribution in [0.3, 0.4) is 0 Å². The molecule has 2 fully saturated rings. The normalized spacial score (nSPS) is 20.6. The Hall–Kier alpha value is -4.20. The van der Waals surface area contributed by atoms with Gasteiger partial charge in [-0.3, -0.25) is 20.0 Å². The lowest BCUT2D eigenvalue weighted by atomic mass is 9.98. The summed E-state index contributed by atoms with van der Waals surface area (Å²) in [5.74, 6) is 0.485. The lowest BCUT2D eigenvalue weighted by molar-refractivity contribution is -0.123. The maximum atomic E-state index is 12.7. The minimum atomic E-state index is -0.256. The average Bonchev–Trinajstić information content (AvgIpc) is 3.16. The van der Waals surface area contributed by atoms with Crippen LogP contribution < -0.4 is 15.8 Å². The Labute approximate surface area is 210 Å². The third kappa shape index (κ3) is 4.93. The molecule has 2 aromatic carbocycles. The number of anilines is 1. The number of nitrogen functional groups attached to an aromatic ring is 1. The van der Waals surface area contributed by atoms with E-state index in [0.29, 0.717) is 28.9 Å². The highest BCUT2D eigenvalue weighted by molar-refractivity contribution is 6.14. The van der Waals surface area contributed by atoms with Crippen molar-refractivity contribution in [1.29, 1.82) is 5.41 Å². The Kier molecular flexibility index (Phi) is 6.66. The van der Waals surface area contributed by atoms with Crippen LogP contribution >= 0.6 is 0 Å². The molecule has 3 heterocycles. The first-order valence-corrected chi connectivity index (χ1v) is 12.2. The smallest absolute Gasteiger partial charge is 0.251 e. The van der Waals surface area contributed by atoms with Crippen molar-refractivity contribution in [2.45, 2.75) is 50.4 Å². The predicted molar refractivity (Wildman–Crippen MR) is 137 cm³/mol. The number of nitrogens with two attached hydrogens (primary N) is 1. The first-order chi connectivity index (χ1) is 17.5. The second-order valence-electron chi connectivity index (χ2n) is 9.35. The van der Waals surface area contributed by atoms with E-state index < -0.39 is 0 Å². The summed E-state index contributed by atoms with van der Waals surface area (Å²) in [6, 6.07) is 18.4. The number of benzene rings is 2. The van der Waals surface area contributed by atoms with Crippen molar-refractivity contribution < 1.29 is 14.3 Å². The van der Waals surface area contributed by atoms with Gasteiger partial charge in [-0.05, 0) is 67.4 Å². The van der Waals surface area contributed by atoms with Gasteiger partial charge in [-0.25, -0.2) is 0 Å². The second kappa shape index (κ2) is 10.2. The number of nitrogens with one attached hydrogen (secondary N) is 2. The maximum absolute atomic E-state index is 12.7. The van der Waals surface area contributed by atoms with Gasteiger partial charge in [0.15, 0.2) is 0 Å². The van der Waals surface area contributed by atoms with E-state index in [-0.39, 0.29) is 29.8 Å². The number of piperidine rings is 1. The Morgan fingerprint density at radius 3 is 2.47 bits per heavy atom. The number of pyridine rings is 1. The molecule has 1 aromatic heterocycles. The highest BCUT2D eigenvalue weighted by Gasteiger charge is 2.40. The molecule has 0 radical (unpaired) electrons. The van der Waals surface area contributed by atoms with E-state index in [1.165, 1.54) is 0 Å². The second-order valence-corrected chi connectivity index (χ2v) is 9.35. The van der Waals surface area contributed by atoms with E-state index in [9.17, 15) is 9.59 Å². The topological polar surface area (TPSA) is 121 Å². The number of ether oxygens (including phenoxy) is 1. The number of amides is 2. The van der Waals surface area contributed by atoms with Gasteiger partial charge < -0.3 is 20.7 Å². The summed E-state index contributed by atoms with van der Waals surface area (Å²) >= 11 is 0. The molecule has 36 heavy (non-hydrogen) atoms. The number of hydrogen-bond donors (Lipinski definition) is 3. The zero-order valence-corrected chi connectivity index (χ0v) is 19.9. The van der Waals surface area contributed by atoms with Crippen LogP contribution in [0.25, 0.3) is 0 Å². The molecule has 2 bridgehead atoms. The number of fused-ring (bicyclic) bond motifs is 2. The molecule has 8 nitrogen and oxygen atoms in total. The molecule has 0 saturated carbocycles. The summed E-state index contributed by atoms with van der Waals surface area (Å²) in [4.78, 5) is 30.1. The molecule has 0 aliphatic carbocycles. The third-order valence-corrected chi connectivity index (χ3v) is 7.05. The molecular formula is C28H29N5O3. The molecular weight excluding hydrogens is 454 g/mol. The quantitative estimate of drug-likeness (QED) is 0.257. The molecule has 3 aromatic rings. The number of aromatic nitrogens is 1. The molecule has 4 N–H and O–H groups in total. The van der Waals surface area contributed by atoms with E-state index in [0.717, 1.165) is 43.5 Å². The molecule has 5 rings (SSSR count). The molecule has 2 saturated heterocycles. The van der Waals surface area contributed by atoms with Crippen LogP contribution in [0.4, 0.5) is 5.69 Å². The summed E-state index contributed by atoms with van der Waals surface area (Å²) in [5.41, 5.74) is 9.19. The van der Waals surface area contributed by atoms with Crippen molar-refractivity contribution >= 4 is 23.7 Å². The van der Waals surface area contributed by atoms with Crippen molar-refractivity contribution in [3.05, 3.63) is 89.2 Å². The Balaban J connectivity index is 1.24. The summed E-state index contributed by atoms with van der Waals surface area (Å²) in [5, 5.41) is 11.6. The van der Waals surface area contributed by atoms with Crippen molar-refractivity contribution in [3.63, 3.8) is 0 Å². The monoisotopic (exact) mass is 483 g/mol. The standard InChI is InChI=1S/C28H29N5O3/c29-26-11-6-19(28(35)32-16-20-3-1-2-12-31-20)13-25(26)27(30)18-4-9-23(10-5-18)36-24-14-21-7-8-22(15-24)33(21)17-34/h1-6,9-13,17,21-22,24,30H,7-8,14-16,29H2,(H,32,35). The SMILES string of the molecule is N=C(c1ccc(OC2CC3CCC(C2)N3C=O)cc1)c1cc(C(=O)NCc2ccccn2)ccc1N. The molecule has 2 unspecified atom stereocenters. The molecule has 2 aliphatic heterocycles. The fourth-order valence-electron chi connectivity index (χ4n) is 5.17. The highest BCUT2D eigenvalue weighted by Crippen LogP contribution is 2.36. The number of carbonyl (C=O) groups excluding carboxylic acids is 2. The van der Waals surface area contributed by atoms with Crippen LogP contribution in [0, 0.1) is 5.41 Å². The van der Waals surface area contributed by atoms with Crippen LogP contribution in [-0.2, 0) is 11.3 Å². The van der Waals surface area contributed by atoms with E-state index in [1.807, 2.05) is 47.4 Å². The summed E-state index contributed by atoms with van der Waals surface area (Å²) < 4.78 is 6.21. The predicted octanol–water partition coefficient (Wildman–Crippen LogP) is 3.54. The van der Waals surface area contributed by atoms with E-state index >= 15 is 0 Å². The maximum Gasteiger partial charge on any atom is 0.251 e. The minimum Gasteiger partial charge on any atom is -0.490 e. The van der Waals surface area contributed by atoms with Crippen LogP contribution in [0.1, 0.15) is 52.9 Å². The molecule has 2 amide bonds. The number of carbonyl (C=O) groups is 2. The van der Waals surface area contributed by atoms with Crippen molar-refractivity contribution in [3.8, 4) is 5.75 Å². The van der Waals surface area contributed by atoms with Gasteiger partial charge in [0.2, 0.25) is 6.41 Å². The molecule has 184 valence electrons. The van der Waals surface area contributed by atoms with Gasteiger partial charge in [0.25, 0.3) is 5.91 Å². The fraction of sp³-hybridized carbons (Fsp3) is 0.286. The van der Waals surface area contributed by atoms with Crippen molar-refractivity contribution in [1.82, 2.24) is 15.2 Å². The fourth-order valence-corrected chi connectivity index (χ4v) is 5.17. The van der Waals surface area contributed by atoms with E-state index in [1.54, 1.807) is 24.4 Å². The summed E-state index contributed by atoms with van der Waals surface area (Å²) in [6.45, 7) is 0.313. The van der Waals surface area contributed by atoms with E-state index in [4.69, 9.17) is 15.9 Å². The molecule has 0 spiro atoms. The minimum absolute atomic E-state index is 0.0842. The Morgan fingerprint density at radius 2 is 1.81 bits per heavy atom. The third-order valence-electron chi connectivity index (χ3n) is 7.05. The van der Waals surface area contributed by atoms with Crippen LogP contribution in [0.15, 0.2) is 66.9 Å². The van der Waals surface area contributed by atoms with Crippen LogP contribution in [0.2, 0.25) is 0 Å². The summed E-state index contributed by atoms with van der Waals surface area (Å²) in [7, 11) is 0. The molecule has 8 heteroatoms. The zero-order chi connectivity index (χ0) is 25.1. The average molecular weight is 484 g/mol. The van der Waals surface area contributed by atoms with Gasteiger partial charge >= 0.3 is 0 Å². The Morgan fingerprint density at radius 1 is 1.08 bits per heavy atom. The highest BCUT2D eigenvalue weighted by atomic mass is 16.5. The summed E-state index contributed by atoms with van der Waals surface area (Å²) in [6.07, 6.45) is 6.52. The lowest BCUT2D eigenvalue weighted by Crippen LogP contribution is -2.45. The Bertz CT molecular complexity index is 1250. The van der Waals surface area contributed by atoms with Gasteiger partial charge in [0, 0.05) is 53.5 Å². The van der Waals surface area contributed by atoms with Gasteiger partial charge in [-0.2, -0.15) is 0 Å². The molecule has 2 aliphatic rings. The lowest BCUT2D eigenvalue weighted by Gasteiger charge is -2.36.